The highest BCUT2D eigenvalue weighted by molar-refractivity contribution is 9.10. The van der Waals surface area contributed by atoms with Gasteiger partial charge in [-0.25, -0.2) is 0 Å². The van der Waals surface area contributed by atoms with Crippen LogP contribution in [0.15, 0.2) is 34.9 Å². The third-order valence-electron chi connectivity index (χ3n) is 6.83. The molecule has 1 aromatic carbocycles. The molecule has 1 aliphatic rings. The van der Waals surface area contributed by atoms with Gasteiger partial charge in [-0.2, -0.15) is 0 Å². The molecule has 2 aromatic rings. The molecule has 0 radical (unpaired) electrons. The number of halogens is 1. The fourth-order valence-electron chi connectivity index (χ4n) is 3.92. The predicted octanol–water partition coefficient (Wildman–Crippen LogP) is 6.41. The lowest BCUT2D eigenvalue weighted by atomic mass is 9.59. The standard InChI is InChI=1S/C21H26BrN/c1-13-10-18(23-12-17(13)22)14-8-9-15-16(11-14)20(4,5)21(6,7)19(15,2)3/h8-12H,1-7H3. The summed E-state index contributed by atoms with van der Waals surface area (Å²) >= 11 is 3.54. The smallest absolute Gasteiger partial charge is 0.0705 e. The number of hydrogen-bond acceptors (Lipinski definition) is 1. The van der Waals surface area contributed by atoms with Gasteiger partial charge in [0, 0.05) is 16.2 Å². The number of fused-ring (bicyclic) bond motifs is 1. The molecule has 0 saturated carbocycles. The number of pyridine rings is 1. The van der Waals surface area contributed by atoms with E-state index in [0.717, 1.165) is 10.2 Å². The van der Waals surface area contributed by atoms with Gasteiger partial charge in [-0.05, 0) is 67.9 Å². The maximum absolute atomic E-state index is 4.61. The largest absolute Gasteiger partial charge is 0.255 e. The average Bonchev–Trinajstić information content (AvgIpc) is 2.58. The molecule has 1 heterocycles. The first-order valence-electron chi connectivity index (χ1n) is 8.27. The Hall–Kier alpha value is -1.15. The minimum absolute atomic E-state index is 0.131. The second kappa shape index (κ2) is 4.92. The summed E-state index contributed by atoms with van der Waals surface area (Å²) in [6, 6.07) is 9.07. The zero-order chi connectivity index (χ0) is 17.2. The van der Waals surface area contributed by atoms with Crippen LogP contribution in [0.25, 0.3) is 11.3 Å². The van der Waals surface area contributed by atoms with Gasteiger partial charge in [0.1, 0.15) is 0 Å². The van der Waals surface area contributed by atoms with E-state index in [-0.39, 0.29) is 16.2 Å². The van der Waals surface area contributed by atoms with Crippen molar-refractivity contribution in [3.63, 3.8) is 0 Å². The van der Waals surface area contributed by atoms with Gasteiger partial charge >= 0.3 is 0 Å². The molecule has 0 bridgehead atoms. The molecule has 0 amide bonds. The van der Waals surface area contributed by atoms with Crippen molar-refractivity contribution in [3.8, 4) is 11.3 Å². The van der Waals surface area contributed by atoms with Crippen LogP contribution in [0.2, 0.25) is 0 Å². The molecular formula is C21H26BrN. The summed E-state index contributed by atoms with van der Waals surface area (Å²) in [6.45, 7) is 16.4. The summed E-state index contributed by atoms with van der Waals surface area (Å²) in [5, 5.41) is 0. The second-order valence-corrected chi connectivity index (χ2v) is 9.31. The van der Waals surface area contributed by atoms with Gasteiger partial charge in [0.25, 0.3) is 0 Å². The molecule has 2 heteroatoms. The fourth-order valence-corrected chi connectivity index (χ4v) is 4.13. The van der Waals surface area contributed by atoms with Crippen molar-refractivity contribution >= 4 is 15.9 Å². The molecule has 3 rings (SSSR count). The lowest BCUT2D eigenvalue weighted by Crippen LogP contribution is -2.42. The Balaban J connectivity index is 2.20. The van der Waals surface area contributed by atoms with Crippen LogP contribution in [-0.4, -0.2) is 4.98 Å². The lowest BCUT2D eigenvalue weighted by Gasteiger charge is -2.44. The zero-order valence-electron chi connectivity index (χ0n) is 15.2. The van der Waals surface area contributed by atoms with Gasteiger partial charge in [0.15, 0.2) is 0 Å². The second-order valence-electron chi connectivity index (χ2n) is 8.45. The molecule has 0 fully saturated rings. The minimum Gasteiger partial charge on any atom is -0.255 e. The summed E-state index contributed by atoms with van der Waals surface area (Å²) in [5.41, 5.74) is 6.91. The molecule has 0 N–H and O–H groups in total. The van der Waals surface area contributed by atoms with Crippen molar-refractivity contribution in [2.24, 2.45) is 5.41 Å². The minimum atomic E-state index is 0.131. The number of aromatic nitrogens is 1. The summed E-state index contributed by atoms with van der Waals surface area (Å²) < 4.78 is 1.06. The van der Waals surface area contributed by atoms with E-state index in [2.05, 4.69) is 93.6 Å². The SMILES string of the molecule is Cc1cc(-c2ccc3c(c2)C(C)(C)C(C)(C)C3(C)C)ncc1Br. The number of rotatable bonds is 1. The molecular weight excluding hydrogens is 346 g/mol. The van der Waals surface area contributed by atoms with Crippen molar-refractivity contribution in [2.45, 2.75) is 59.3 Å². The monoisotopic (exact) mass is 371 g/mol. The highest BCUT2D eigenvalue weighted by Crippen LogP contribution is 2.61. The topological polar surface area (TPSA) is 12.9 Å². The van der Waals surface area contributed by atoms with E-state index >= 15 is 0 Å². The van der Waals surface area contributed by atoms with Gasteiger partial charge in [-0.3, -0.25) is 4.98 Å². The third-order valence-corrected chi connectivity index (χ3v) is 7.66. The number of nitrogens with zero attached hydrogens (tertiary/aromatic N) is 1. The van der Waals surface area contributed by atoms with Gasteiger partial charge in [-0.1, -0.05) is 53.7 Å². The van der Waals surface area contributed by atoms with Crippen LogP contribution in [0, 0.1) is 12.3 Å². The Morgan fingerprint density at radius 3 is 2.09 bits per heavy atom. The highest BCUT2D eigenvalue weighted by Gasteiger charge is 2.56. The molecule has 1 aliphatic carbocycles. The first kappa shape index (κ1) is 16.7. The summed E-state index contributed by atoms with van der Waals surface area (Å²) in [6.07, 6.45) is 1.90. The first-order valence-corrected chi connectivity index (χ1v) is 9.07. The summed E-state index contributed by atoms with van der Waals surface area (Å²) in [4.78, 5) is 4.61. The highest BCUT2D eigenvalue weighted by atomic mass is 79.9. The van der Waals surface area contributed by atoms with Crippen LogP contribution >= 0.6 is 15.9 Å². The normalized spacial score (nSPS) is 20.3. The van der Waals surface area contributed by atoms with E-state index < -0.39 is 0 Å². The van der Waals surface area contributed by atoms with E-state index in [1.807, 2.05) is 6.20 Å². The van der Waals surface area contributed by atoms with Gasteiger partial charge < -0.3 is 0 Å². The van der Waals surface area contributed by atoms with Crippen LogP contribution in [0.4, 0.5) is 0 Å². The molecule has 0 unspecified atom stereocenters. The van der Waals surface area contributed by atoms with E-state index in [9.17, 15) is 0 Å². The Bertz CT molecular complexity index is 784. The number of hydrogen-bond donors (Lipinski definition) is 0. The van der Waals surface area contributed by atoms with Gasteiger partial charge in [-0.15, -0.1) is 0 Å². The Morgan fingerprint density at radius 1 is 0.870 bits per heavy atom. The van der Waals surface area contributed by atoms with Crippen LogP contribution in [0.3, 0.4) is 0 Å². The predicted molar refractivity (Wildman–Crippen MR) is 102 cm³/mol. The molecule has 1 aromatic heterocycles. The Morgan fingerprint density at radius 2 is 1.48 bits per heavy atom. The van der Waals surface area contributed by atoms with Crippen LogP contribution in [0.5, 0.6) is 0 Å². The van der Waals surface area contributed by atoms with Crippen LogP contribution in [0.1, 0.15) is 58.2 Å². The maximum Gasteiger partial charge on any atom is 0.0705 e. The van der Waals surface area contributed by atoms with Crippen molar-refractivity contribution in [3.05, 3.63) is 51.6 Å². The van der Waals surface area contributed by atoms with Crippen molar-refractivity contribution in [1.29, 1.82) is 0 Å². The third kappa shape index (κ3) is 2.14. The number of aryl methyl sites for hydroxylation is 1. The molecule has 0 aliphatic heterocycles. The van der Waals surface area contributed by atoms with Crippen molar-refractivity contribution < 1.29 is 0 Å². The maximum atomic E-state index is 4.61. The van der Waals surface area contributed by atoms with Crippen LogP contribution in [-0.2, 0) is 10.8 Å². The summed E-state index contributed by atoms with van der Waals surface area (Å²) in [7, 11) is 0. The number of benzene rings is 1. The summed E-state index contributed by atoms with van der Waals surface area (Å²) in [5.74, 6) is 0. The quantitative estimate of drug-likeness (QED) is 0.563. The van der Waals surface area contributed by atoms with Crippen molar-refractivity contribution in [2.75, 3.05) is 0 Å². The molecule has 0 atom stereocenters. The molecule has 122 valence electrons. The van der Waals surface area contributed by atoms with E-state index in [0.29, 0.717) is 0 Å². The average molecular weight is 372 g/mol. The fraction of sp³-hybridized carbons (Fsp3) is 0.476. The van der Waals surface area contributed by atoms with Gasteiger partial charge in [0.05, 0.1) is 5.69 Å². The van der Waals surface area contributed by atoms with Crippen molar-refractivity contribution in [1.82, 2.24) is 4.98 Å². The zero-order valence-corrected chi connectivity index (χ0v) is 16.8. The molecule has 1 nitrogen and oxygen atoms in total. The van der Waals surface area contributed by atoms with E-state index in [1.54, 1.807) is 0 Å². The first-order chi connectivity index (χ1) is 10.5. The van der Waals surface area contributed by atoms with E-state index in [1.165, 1.54) is 22.3 Å². The van der Waals surface area contributed by atoms with Gasteiger partial charge in [0.2, 0.25) is 0 Å². The van der Waals surface area contributed by atoms with E-state index in [4.69, 9.17) is 0 Å². The molecule has 23 heavy (non-hydrogen) atoms. The molecule has 0 saturated heterocycles. The lowest BCUT2D eigenvalue weighted by molar-refractivity contribution is 0.125. The Labute approximate surface area is 148 Å². The molecule has 0 spiro atoms. The van der Waals surface area contributed by atoms with Crippen LogP contribution < -0.4 is 0 Å². The Kier molecular flexibility index (Phi) is 3.57.